The van der Waals surface area contributed by atoms with Crippen LogP contribution in [-0.4, -0.2) is 28.1 Å². The van der Waals surface area contributed by atoms with Gasteiger partial charge >= 0.3 is 0 Å². The van der Waals surface area contributed by atoms with Gasteiger partial charge < -0.3 is 4.90 Å². The third-order valence-corrected chi connectivity index (χ3v) is 5.14. The molecule has 0 saturated carbocycles. The number of aryl methyl sites for hydroxylation is 2. The minimum absolute atomic E-state index is 0.672. The summed E-state index contributed by atoms with van der Waals surface area (Å²) in [7, 11) is 0. The van der Waals surface area contributed by atoms with Gasteiger partial charge in [-0.05, 0) is 36.3 Å². The monoisotopic (exact) mass is 332 g/mol. The molecule has 1 aromatic heterocycles. The van der Waals surface area contributed by atoms with Gasteiger partial charge in [-0.2, -0.15) is 0 Å². The van der Waals surface area contributed by atoms with E-state index in [1.54, 1.807) is 0 Å². The molecule has 0 spiro atoms. The van der Waals surface area contributed by atoms with Crippen LogP contribution in [0.15, 0.2) is 66.9 Å². The molecule has 2 aromatic carbocycles. The molecule has 4 rings (SSSR count). The van der Waals surface area contributed by atoms with Crippen LogP contribution in [0.3, 0.4) is 0 Å². The minimum Gasteiger partial charge on any atom is -0.355 e. The third-order valence-electron chi connectivity index (χ3n) is 5.14. The Morgan fingerprint density at radius 1 is 0.880 bits per heavy atom. The van der Waals surface area contributed by atoms with E-state index < -0.39 is 0 Å². The van der Waals surface area contributed by atoms with Gasteiger partial charge in [-0.1, -0.05) is 65.9 Å². The Bertz CT molecular complexity index is 774. The van der Waals surface area contributed by atoms with Crippen molar-refractivity contribution in [1.82, 2.24) is 15.0 Å². The SMILES string of the molecule is c1ccc(CCn2nncc2N2CCC(c3ccccc3)CC2)cc1. The van der Waals surface area contributed by atoms with Crippen molar-refractivity contribution in [3.63, 3.8) is 0 Å². The fourth-order valence-electron chi connectivity index (χ4n) is 3.70. The van der Waals surface area contributed by atoms with Crippen molar-refractivity contribution < 1.29 is 0 Å². The summed E-state index contributed by atoms with van der Waals surface area (Å²) in [6.45, 7) is 3.01. The van der Waals surface area contributed by atoms with Crippen LogP contribution in [0.1, 0.15) is 29.9 Å². The summed E-state index contributed by atoms with van der Waals surface area (Å²) in [5.41, 5.74) is 2.81. The zero-order valence-corrected chi connectivity index (χ0v) is 14.5. The Labute approximate surface area is 149 Å². The van der Waals surface area contributed by atoms with Crippen molar-refractivity contribution in [2.24, 2.45) is 0 Å². The first-order chi connectivity index (χ1) is 12.4. The highest BCUT2D eigenvalue weighted by Crippen LogP contribution is 2.30. The van der Waals surface area contributed by atoms with E-state index >= 15 is 0 Å². The van der Waals surface area contributed by atoms with Crippen molar-refractivity contribution in [2.45, 2.75) is 31.7 Å². The lowest BCUT2D eigenvalue weighted by molar-refractivity contribution is 0.488. The van der Waals surface area contributed by atoms with Gasteiger partial charge in [0.25, 0.3) is 0 Å². The first kappa shape index (κ1) is 15.9. The zero-order chi connectivity index (χ0) is 16.9. The molecule has 1 saturated heterocycles. The molecule has 3 aromatic rings. The van der Waals surface area contributed by atoms with Crippen LogP contribution in [0, 0.1) is 0 Å². The summed E-state index contributed by atoms with van der Waals surface area (Å²) >= 11 is 0. The molecule has 0 amide bonds. The molecule has 4 heteroatoms. The highest BCUT2D eigenvalue weighted by atomic mass is 15.5. The second-order valence-corrected chi connectivity index (χ2v) is 6.72. The van der Waals surface area contributed by atoms with Crippen molar-refractivity contribution in [3.05, 3.63) is 78.0 Å². The molecule has 0 bridgehead atoms. The Kier molecular flexibility index (Phi) is 4.77. The van der Waals surface area contributed by atoms with Crippen molar-refractivity contribution in [1.29, 1.82) is 0 Å². The standard InChI is InChI=1S/C21H24N4/c1-3-7-18(8-4-1)11-16-25-21(17-22-23-25)24-14-12-20(13-15-24)19-9-5-2-6-10-19/h1-10,17,20H,11-16H2. The molecule has 0 N–H and O–H groups in total. The molecule has 2 heterocycles. The van der Waals surface area contributed by atoms with Gasteiger partial charge in [-0.15, -0.1) is 5.10 Å². The largest absolute Gasteiger partial charge is 0.355 e. The van der Waals surface area contributed by atoms with Gasteiger partial charge in [0.2, 0.25) is 0 Å². The van der Waals surface area contributed by atoms with Crippen LogP contribution in [0.5, 0.6) is 0 Å². The molecule has 0 aliphatic carbocycles. The van der Waals surface area contributed by atoms with E-state index in [1.807, 2.05) is 6.20 Å². The average molecular weight is 332 g/mol. The second-order valence-electron chi connectivity index (χ2n) is 6.72. The highest BCUT2D eigenvalue weighted by Gasteiger charge is 2.22. The molecule has 25 heavy (non-hydrogen) atoms. The highest BCUT2D eigenvalue weighted by molar-refractivity contribution is 5.37. The average Bonchev–Trinajstić information content (AvgIpc) is 3.17. The van der Waals surface area contributed by atoms with E-state index in [2.05, 4.69) is 80.6 Å². The molecule has 4 nitrogen and oxygen atoms in total. The van der Waals surface area contributed by atoms with Crippen LogP contribution in [0.4, 0.5) is 5.82 Å². The number of hydrogen-bond donors (Lipinski definition) is 0. The number of rotatable bonds is 5. The first-order valence-corrected chi connectivity index (χ1v) is 9.12. The lowest BCUT2D eigenvalue weighted by Crippen LogP contribution is -2.34. The molecule has 1 fully saturated rings. The normalized spacial score (nSPS) is 15.4. The number of benzene rings is 2. The number of piperidine rings is 1. The minimum atomic E-state index is 0.672. The Hall–Kier alpha value is -2.62. The number of anilines is 1. The Morgan fingerprint density at radius 2 is 1.56 bits per heavy atom. The molecule has 1 aliphatic rings. The maximum Gasteiger partial charge on any atom is 0.147 e. The van der Waals surface area contributed by atoms with Crippen molar-refractivity contribution in [3.8, 4) is 0 Å². The maximum absolute atomic E-state index is 4.31. The summed E-state index contributed by atoms with van der Waals surface area (Å²) in [6.07, 6.45) is 5.27. The first-order valence-electron chi connectivity index (χ1n) is 9.12. The van der Waals surface area contributed by atoms with Crippen molar-refractivity contribution in [2.75, 3.05) is 18.0 Å². The van der Waals surface area contributed by atoms with E-state index in [9.17, 15) is 0 Å². The van der Waals surface area contributed by atoms with E-state index in [4.69, 9.17) is 0 Å². The lowest BCUT2D eigenvalue weighted by atomic mass is 9.89. The Morgan fingerprint density at radius 3 is 2.28 bits per heavy atom. The number of hydrogen-bond acceptors (Lipinski definition) is 3. The van der Waals surface area contributed by atoms with E-state index in [0.29, 0.717) is 5.92 Å². The maximum atomic E-state index is 4.31. The van der Waals surface area contributed by atoms with Crippen LogP contribution in [0.25, 0.3) is 0 Å². The van der Waals surface area contributed by atoms with Crippen LogP contribution < -0.4 is 4.90 Å². The fourth-order valence-corrected chi connectivity index (χ4v) is 3.70. The predicted molar refractivity (Wildman–Crippen MR) is 101 cm³/mol. The number of aromatic nitrogens is 3. The molecule has 0 unspecified atom stereocenters. The molecule has 128 valence electrons. The topological polar surface area (TPSA) is 34.0 Å². The molecular weight excluding hydrogens is 308 g/mol. The van der Waals surface area contributed by atoms with Gasteiger partial charge in [0.05, 0.1) is 6.20 Å². The van der Waals surface area contributed by atoms with E-state index in [-0.39, 0.29) is 0 Å². The fraction of sp³-hybridized carbons (Fsp3) is 0.333. The summed E-state index contributed by atoms with van der Waals surface area (Å²) in [4.78, 5) is 2.43. The molecular formula is C21H24N4. The third kappa shape index (κ3) is 3.73. The number of nitrogens with zero attached hydrogens (tertiary/aromatic N) is 4. The molecule has 0 atom stereocenters. The molecule has 0 radical (unpaired) electrons. The van der Waals surface area contributed by atoms with Gasteiger partial charge in [0, 0.05) is 19.6 Å². The van der Waals surface area contributed by atoms with Gasteiger partial charge in [-0.3, -0.25) is 0 Å². The van der Waals surface area contributed by atoms with Gasteiger partial charge in [-0.25, -0.2) is 4.68 Å². The second kappa shape index (κ2) is 7.51. The quantitative estimate of drug-likeness (QED) is 0.710. The van der Waals surface area contributed by atoms with Crippen LogP contribution in [0.2, 0.25) is 0 Å². The summed E-state index contributed by atoms with van der Waals surface area (Å²) in [5, 5.41) is 8.47. The smallest absolute Gasteiger partial charge is 0.147 e. The Balaban J connectivity index is 1.38. The lowest BCUT2D eigenvalue weighted by Gasteiger charge is -2.33. The zero-order valence-electron chi connectivity index (χ0n) is 14.5. The van der Waals surface area contributed by atoms with Crippen LogP contribution in [-0.2, 0) is 13.0 Å². The summed E-state index contributed by atoms with van der Waals surface area (Å²) in [5.74, 6) is 1.83. The van der Waals surface area contributed by atoms with E-state index in [0.717, 1.165) is 31.9 Å². The van der Waals surface area contributed by atoms with Crippen molar-refractivity contribution >= 4 is 5.82 Å². The molecule has 1 aliphatic heterocycles. The predicted octanol–water partition coefficient (Wildman–Crippen LogP) is 3.90. The van der Waals surface area contributed by atoms with Gasteiger partial charge in [0.1, 0.15) is 5.82 Å². The van der Waals surface area contributed by atoms with Gasteiger partial charge in [0.15, 0.2) is 0 Å². The van der Waals surface area contributed by atoms with E-state index in [1.165, 1.54) is 24.0 Å². The summed E-state index contributed by atoms with van der Waals surface area (Å²) < 4.78 is 2.05. The van der Waals surface area contributed by atoms with Crippen LogP contribution >= 0.6 is 0 Å². The summed E-state index contributed by atoms with van der Waals surface area (Å²) in [6, 6.07) is 21.5.